The molecule has 25 heavy (non-hydrogen) atoms. The van der Waals surface area contributed by atoms with Gasteiger partial charge in [-0.1, -0.05) is 18.2 Å². The lowest BCUT2D eigenvalue weighted by Crippen LogP contribution is -2.45. The predicted octanol–water partition coefficient (Wildman–Crippen LogP) is 2.31. The van der Waals surface area contributed by atoms with Gasteiger partial charge in [-0.25, -0.2) is 0 Å². The monoisotopic (exact) mass is 348 g/mol. The van der Waals surface area contributed by atoms with Gasteiger partial charge in [0.1, 0.15) is 0 Å². The van der Waals surface area contributed by atoms with Crippen LogP contribution in [0.1, 0.15) is 43.4 Å². The Balaban J connectivity index is 2.42. The lowest BCUT2D eigenvalue weighted by Gasteiger charge is -2.28. The van der Waals surface area contributed by atoms with E-state index in [1.807, 2.05) is 18.2 Å². The van der Waals surface area contributed by atoms with Crippen LogP contribution < -0.4 is 0 Å². The van der Waals surface area contributed by atoms with Crippen LogP contribution in [-0.4, -0.2) is 36.2 Å². The summed E-state index contributed by atoms with van der Waals surface area (Å²) in [5.74, 6) is -2.95. The molecule has 1 aliphatic rings. The maximum Gasteiger partial charge on any atom is 0.324 e. The zero-order valence-electron chi connectivity index (χ0n) is 14.7. The molecule has 1 aromatic rings. The number of carboxylic acids is 1. The molecule has 0 spiro atoms. The highest BCUT2D eigenvalue weighted by molar-refractivity contribution is 6.03. The molecule has 1 N–H and O–H groups in total. The van der Waals surface area contributed by atoms with E-state index in [9.17, 15) is 19.5 Å². The molecule has 1 aliphatic carbocycles. The van der Waals surface area contributed by atoms with Gasteiger partial charge in [-0.2, -0.15) is 0 Å². The Kier molecular flexibility index (Phi) is 6.17. The fraction of sp³-hybridized carbons (Fsp3) is 0.526. The van der Waals surface area contributed by atoms with E-state index in [1.54, 1.807) is 13.8 Å². The van der Waals surface area contributed by atoms with E-state index >= 15 is 0 Å². The molecule has 0 fully saturated rings. The van der Waals surface area contributed by atoms with Gasteiger partial charge in [0, 0.05) is 0 Å². The second-order valence-electron chi connectivity index (χ2n) is 6.23. The number of hydrogen-bond acceptors (Lipinski definition) is 5. The van der Waals surface area contributed by atoms with Gasteiger partial charge in [-0.15, -0.1) is 0 Å². The quantitative estimate of drug-likeness (QED) is 0.573. The van der Waals surface area contributed by atoms with Crippen molar-refractivity contribution in [2.75, 3.05) is 13.2 Å². The maximum absolute atomic E-state index is 12.6. The van der Waals surface area contributed by atoms with Gasteiger partial charge in [0.2, 0.25) is 0 Å². The molecule has 1 aromatic carbocycles. The normalized spacial score (nSPS) is 13.2. The largest absolute Gasteiger partial charge is 0.481 e. The molecule has 0 atom stereocenters. The number of fused-ring (bicyclic) bond motifs is 1. The number of carbonyl (C=O) groups is 3. The SMILES string of the molecule is CCOC(=O)C(CC(=O)O)(Cc1ccc2c(c1)CCC2)C(=O)OCC. The van der Waals surface area contributed by atoms with Crippen molar-refractivity contribution in [3.05, 3.63) is 34.9 Å². The molecule has 6 nitrogen and oxygen atoms in total. The highest BCUT2D eigenvalue weighted by atomic mass is 16.6. The average Bonchev–Trinajstić information content (AvgIpc) is 3.01. The smallest absolute Gasteiger partial charge is 0.324 e. The highest BCUT2D eigenvalue weighted by Gasteiger charge is 2.50. The molecule has 0 saturated heterocycles. The van der Waals surface area contributed by atoms with Gasteiger partial charge < -0.3 is 14.6 Å². The van der Waals surface area contributed by atoms with Gasteiger partial charge >= 0.3 is 17.9 Å². The second kappa shape index (κ2) is 8.14. The minimum Gasteiger partial charge on any atom is -0.481 e. The summed E-state index contributed by atoms with van der Waals surface area (Å²) in [6.07, 6.45) is 2.33. The highest BCUT2D eigenvalue weighted by Crippen LogP contribution is 2.33. The van der Waals surface area contributed by atoms with Gasteiger partial charge in [0.15, 0.2) is 5.41 Å². The van der Waals surface area contributed by atoms with Crippen LogP contribution in [0.3, 0.4) is 0 Å². The number of ether oxygens (including phenoxy) is 2. The number of rotatable bonds is 8. The van der Waals surface area contributed by atoms with Crippen LogP contribution in [0.25, 0.3) is 0 Å². The third kappa shape index (κ3) is 4.18. The molecule has 0 bridgehead atoms. The Labute approximate surface area is 147 Å². The predicted molar refractivity (Wildman–Crippen MR) is 90.1 cm³/mol. The average molecular weight is 348 g/mol. The first-order chi connectivity index (χ1) is 11.9. The molecule has 2 rings (SSSR count). The molecule has 136 valence electrons. The van der Waals surface area contributed by atoms with E-state index < -0.39 is 29.7 Å². The Morgan fingerprint density at radius 3 is 2.20 bits per heavy atom. The number of esters is 2. The van der Waals surface area contributed by atoms with E-state index in [-0.39, 0.29) is 19.6 Å². The zero-order chi connectivity index (χ0) is 18.4. The lowest BCUT2D eigenvalue weighted by atomic mass is 9.78. The van der Waals surface area contributed by atoms with Crippen LogP contribution in [0.15, 0.2) is 18.2 Å². The number of hydrogen-bond donors (Lipinski definition) is 1. The number of carboxylic acid groups (broad SMARTS) is 1. The molecule has 0 aliphatic heterocycles. The van der Waals surface area contributed by atoms with E-state index in [0.29, 0.717) is 0 Å². The van der Waals surface area contributed by atoms with Crippen LogP contribution in [0.4, 0.5) is 0 Å². The third-order valence-corrected chi connectivity index (χ3v) is 4.45. The van der Waals surface area contributed by atoms with Crippen LogP contribution in [0, 0.1) is 5.41 Å². The summed E-state index contributed by atoms with van der Waals surface area (Å²) in [4.78, 5) is 36.5. The first kappa shape index (κ1) is 19.0. The van der Waals surface area contributed by atoms with Crippen molar-refractivity contribution in [2.45, 2.75) is 46.0 Å². The van der Waals surface area contributed by atoms with Gasteiger partial charge in [-0.05, 0) is 56.2 Å². The van der Waals surface area contributed by atoms with Crippen LogP contribution in [0.5, 0.6) is 0 Å². The Morgan fingerprint density at radius 1 is 1.04 bits per heavy atom. The zero-order valence-corrected chi connectivity index (χ0v) is 14.7. The molecule has 0 unspecified atom stereocenters. The molecular formula is C19H24O6. The van der Waals surface area contributed by atoms with Crippen LogP contribution in [0.2, 0.25) is 0 Å². The standard InChI is InChI=1S/C19H24O6/c1-3-24-17(22)19(12-16(20)21,18(23)25-4-2)11-13-8-9-14-6-5-7-15(14)10-13/h8-10H,3-7,11-12H2,1-2H3,(H,20,21). The van der Waals surface area contributed by atoms with Crippen molar-refractivity contribution in [3.8, 4) is 0 Å². The van der Waals surface area contributed by atoms with Crippen molar-refractivity contribution in [2.24, 2.45) is 5.41 Å². The molecule has 0 amide bonds. The van der Waals surface area contributed by atoms with Gasteiger partial charge in [0.05, 0.1) is 19.6 Å². The van der Waals surface area contributed by atoms with E-state index in [1.165, 1.54) is 11.1 Å². The van der Waals surface area contributed by atoms with E-state index in [4.69, 9.17) is 9.47 Å². The minimum absolute atomic E-state index is 0.0513. The van der Waals surface area contributed by atoms with Crippen LogP contribution >= 0.6 is 0 Å². The summed E-state index contributed by atoms with van der Waals surface area (Å²) >= 11 is 0. The van der Waals surface area contributed by atoms with E-state index in [0.717, 1.165) is 24.8 Å². The number of carbonyl (C=O) groups excluding carboxylic acids is 2. The summed E-state index contributed by atoms with van der Waals surface area (Å²) in [5.41, 5.74) is 1.32. The van der Waals surface area contributed by atoms with Crippen molar-refractivity contribution >= 4 is 17.9 Å². The summed E-state index contributed by atoms with van der Waals surface area (Å²) < 4.78 is 10.1. The van der Waals surface area contributed by atoms with E-state index in [2.05, 4.69) is 0 Å². The minimum atomic E-state index is -1.87. The van der Waals surface area contributed by atoms with Gasteiger partial charge in [0.25, 0.3) is 0 Å². The molecule has 6 heteroatoms. The third-order valence-electron chi connectivity index (χ3n) is 4.45. The number of benzene rings is 1. The topological polar surface area (TPSA) is 89.9 Å². The van der Waals surface area contributed by atoms with Crippen LogP contribution in [-0.2, 0) is 43.1 Å². The fourth-order valence-corrected chi connectivity index (χ4v) is 3.31. The fourth-order valence-electron chi connectivity index (χ4n) is 3.31. The Hall–Kier alpha value is -2.37. The Morgan fingerprint density at radius 2 is 1.64 bits per heavy atom. The summed E-state index contributed by atoms with van der Waals surface area (Å²) in [5, 5.41) is 9.30. The van der Waals surface area contributed by atoms with Crippen molar-refractivity contribution in [3.63, 3.8) is 0 Å². The number of aryl methyl sites for hydroxylation is 2. The van der Waals surface area contributed by atoms with Gasteiger partial charge in [-0.3, -0.25) is 14.4 Å². The summed E-state index contributed by atoms with van der Waals surface area (Å²) in [6, 6.07) is 5.79. The summed E-state index contributed by atoms with van der Waals surface area (Å²) in [7, 11) is 0. The second-order valence-corrected chi connectivity index (χ2v) is 6.23. The molecule has 0 heterocycles. The first-order valence-electron chi connectivity index (χ1n) is 8.60. The lowest BCUT2D eigenvalue weighted by molar-refractivity contribution is -0.176. The van der Waals surface area contributed by atoms with Crippen molar-refractivity contribution in [1.29, 1.82) is 0 Å². The van der Waals surface area contributed by atoms with Crippen molar-refractivity contribution in [1.82, 2.24) is 0 Å². The number of aliphatic carboxylic acids is 1. The molecule has 0 saturated carbocycles. The molecule has 0 aromatic heterocycles. The maximum atomic E-state index is 12.6. The Bertz CT molecular complexity index is 646. The summed E-state index contributed by atoms with van der Waals surface area (Å²) in [6.45, 7) is 3.35. The molecular weight excluding hydrogens is 324 g/mol. The first-order valence-corrected chi connectivity index (χ1v) is 8.60. The van der Waals surface area contributed by atoms with Crippen molar-refractivity contribution < 1.29 is 29.0 Å². The molecule has 0 radical (unpaired) electrons.